The first-order valence-electron chi connectivity index (χ1n) is 4.03. The number of oxazole rings is 1. The van der Waals surface area contributed by atoms with Crippen LogP contribution < -0.4 is 0 Å². The second kappa shape index (κ2) is 3.79. The second-order valence-corrected chi connectivity index (χ2v) is 4.60. The Morgan fingerprint density at radius 3 is 2.87 bits per heavy atom. The Kier molecular flexibility index (Phi) is 2.62. The van der Waals surface area contributed by atoms with E-state index in [1.54, 1.807) is 6.92 Å². The SMILES string of the molecule is Cc1oc(-c2sccc2Br)nc1C(=O)O. The number of aromatic nitrogens is 1. The monoisotopic (exact) mass is 287 g/mol. The maximum absolute atomic E-state index is 10.8. The third kappa shape index (κ3) is 1.82. The summed E-state index contributed by atoms with van der Waals surface area (Å²) in [7, 11) is 0. The molecular formula is C9H6BrNO3S. The lowest BCUT2D eigenvalue weighted by Crippen LogP contribution is -1.98. The molecule has 0 aliphatic heterocycles. The van der Waals surface area contributed by atoms with Gasteiger partial charge < -0.3 is 9.52 Å². The molecule has 0 atom stereocenters. The molecule has 15 heavy (non-hydrogen) atoms. The van der Waals surface area contributed by atoms with Gasteiger partial charge in [0.15, 0.2) is 5.69 Å². The number of thiophene rings is 1. The van der Waals surface area contributed by atoms with Crippen LogP contribution in [0.1, 0.15) is 16.2 Å². The molecule has 78 valence electrons. The fourth-order valence-electron chi connectivity index (χ4n) is 1.14. The Labute approximate surface area is 97.7 Å². The molecule has 6 heteroatoms. The van der Waals surface area contributed by atoms with Gasteiger partial charge in [-0.15, -0.1) is 11.3 Å². The topological polar surface area (TPSA) is 63.3 Å². The van der Waals surface area contributed by atoms with Crippen molar-refractivity contribution in [1.29, 1.82) is 0 Å². The summed E-state index contributed by atoms with van der Waals surface area (Å²) in [6.45, 7) is 1.58. The van der Waals surface area contributed by atoms with Gasteiger partial charge in [-0.1, -0.05) is 0 Å². The molecule has 0 saturated carbocycles. The average Bonchev–Trinajstić information content (AvgIpc) is 2.71. The molecule has 2 aromatic rings. The molecule has 0 fully saturated rings. The third-order valence-electron chi connectivity index (χ3n) is 1.81. The molecule has 0 bridgehead atoms. The molecule has 0 unspecified atom stereocenters. The molecule has 0 aliphatic carbocycles. The minimum Gasteiger partial charge on any atom is -0.476 e. The van der Waals surface area contributed by atoms with Crippen molar-refractivity contribution in [3.8, 4) is 10.8 Å². The lowest BCUT2D eigenvalue weighted by Gasteiger charge is -1.88. The van der Waals surface area contributed by atoms with Crippen molar-refractivity contribution >= 4 is 33.2 Å². The quantitative estimate of drug-likeness (QED) is 0.921. The fourth-order valence-corrected chi connectivity index (χ4v) is 2.60. The van der Waals surface area contributed by atoms with E-state index in [9.17, 15) is 4.79 Å². The summed E-state index contributed by atoms with van der Waals surface area (Å²) in [6.07, 6.45) is 0. The van der Waals surface area contributed by atoms with Crippen molar-refractivity contribution in [3.63, 3.8) is 0 Å². The summed E-state index contributed by atoms with van der Waals surface area (Å²) in [5.74, 6) is -0.417. The van der Waals surface area contributed by atoms with E-state index in [1.807, 2.05) is 11.4 Å². The summed E-state index contributed by atoms with van der Waals surface area (Å²) in [5, 5.41) is 10.7. The zero-order valence-electron chi connectivity index (χ0n) is 7.65. The highest BCUT2D eigenvalue weighted by atomic mass is 79.9. The average molecular weight is 288 g/mol. The summed E-state index contributed by atoms with van der Waals surface area (Å²) >= 11 is 4.78. The first-order chi connectivity index (χ1) is 7.09. The highest BCUT2D eigenvalue weighted by Crippen LogP contribution is 2.33. The number of hydrogen-bond donors (Lipinski definition) is 1. The molecule has 1 N–H and O–H groups in total. The van der Waals surface area contributed by atoms with Crippen LogP contribution in [0.3, 0.4) is 0 Å². The summed E-state index contributed by atoms with van der Waals surface area (Å²) in [6, 6.07) is 1.86. The molecule has 0 spiro atoms. The number of carboxylic acid groups (broad SMARTS) is 1. The Balaban J connectivity index is 2.52. The van der Waals surface area contributed by atoms with Crippen LogP contribution in [0.25, 0.3) is 10.8 Å². The van der Waals surface area contributed by atoms with Gasteiger partial charge in [-0.05, 0) is 34.3 Å². The lowest BCUT2D eigenvalue weighted by atomic mass is 10.4. The second-order valence-electron chi connectivity index (χ2n) is 2.83. The van der Waals surface area contributed by atoms with E-state index in [1.165, 1.54) is 11.3 Å². The smallest absolute Gasteiger partial charge is 0.358 e. The molecule has 2 aromatic heterocycles. The number of rotatable bonds is 2. The van der Waals surface area contributed by atoms with E-state index in [4.69, 9.17) is 9.52 Å². The van der Waals surface area contributed by atoms with Crippen molar-refractivity contribution in [2.45, 2.75) is 6.92 Å². The highest BCUT2D eigenvalue weighted by Gasteiger charge is 2.18. The van der Waals surface area contributed by atoms with Gasteiger partial charge in [0.1, 0.15) is 10.6 Å². The third-order valence-corrected chi connectivity index (χ3v) is 3.64. The van der Waals surface area contributed by atoms with Crippen LogP contribution in [0.4, 0.5) is 0 Å². The first kappa shape index (κ1) is 10.4. The molecule has 0 aliphatic rings. The molecule has 4 nitrogen and oxygen atoms in total. The van der Waals surface area contributed by atoms with Crippen molar-refractivity contribution < 1.29 is 14.3 Å². The van der Waals surface area contributed by atoms with Crippen molar-refractivity contribution in [2.75, 3.05) is 0 Å². The van der Waals surface area contributed by atoms with Crippen molar-refractivity contribution in [3.05, 3.63) is 27.4 Å². The minimum atomic E-state index is -1.07. The normalized spacial score (nSPS) is 10.5. The highest BCUT2D eigenvalue weighted by molar-refractivity contribution is 9.10. The van der Waals surface area contributed by atoms with Crippen LogP contribution in [0, 0.1) is 6.92 Å². The van der Waals surface area contributed by atoms with Crippen LogP contribution in [0.2, 0.25) is 0 Å². The van der Waals surface area contributed by atoms with Crippen LogP contribution in [-0.2, 0) is 0 Å². The Bertz CT molecular complexity index is 517. The van der Waals surface area contributed by atoms with E-state index in [2.05, 4.69) is 20.9 Å². The maximum atomic E-state index is 10.8. The van der Waals surface area contributed by atoms with Crippen molar-refractivity contribution in [2.24, 2.45) is 0 Å². The van der Waals surface area contributed by atoms with E-state index in [0.29, 0.717) is 11.7 Å². The molecule has 0 radical (unpaired) electrons. The number of halogens is 1. The summed E-state index contributed by atoms with van der Waals surface area (Å²) in [4.78, 5) is 15.5. The summed E-state index contributed by atoms with van der Waals surface area (Å²) in [5.41, 5.74) is -0.0368. The van der Waals surface area contributed by atoms with Crippen LogP contribution in [0.15, 0.2) is 20.3 Å². The van der Waals surface area contributed by atoms with E-state index < -0.39 is 5.97 Å². The van der Waals surface area contributed by atoms with Gasteiger partial charge in [0.2, 0.25) is 5.89 Å². The molecule has 0 amide bonds. The predicted octanol–water partition coefficient (Wildman–Crippen LogP) is 3.17. The van der Waals surface area contributed by atoms with Gasteiger partial charge in [0.25, 0.3) is 0 Å². The van der Waals surface area contributed by atoms with Crippen LogP contribution in [0.5, 0.6) is 0 Å². The lowest BCUT2D eigenvalue weighted by molar-refractivity contribution is 0.0689. The number of carboxylic acids is 1. The number of hydrogen-bond acceptors (Lipinski definition) is 4. The Morgan fingerprint density at radius 1 is 1.67 bits per heavy atom. The number of aromatic carboxylic acids is 1. The molecule has 0 saturated heterocycles. The zero-order chi connectivity index (χ0) is 11.0. The van der Waals surface area contributed by atoms with Crippen LogP contribution >= 0.6 is 27.3 Å². The largest absolute Gasteiger partial charge is 0.476 e. The predicted molar refractivity (Wildman–Crippen MR) is 59.2 cm³/mol. The van der Waals surface area contributed by atoms with Gasteiger partial charge in [0, 0.05) is 4.47 Å². The van der Waals surface area contributed by atoms with Gasteiger partial charge in [0.05, 0.1) is 0 Å². The number of nitrogens with zero attached hydrogens (tertiary/aromatic N) is 1. The number of carbonyl (C=O) groups is 1. The van der Waals surface area contributed by atoms with Gasteiger partial charge in [-0.25, -0.2) is 9.78 Å². The Hall–Kier alpha value is -1.14. The van der Waals surface area contributed by atoms with E-state index in [-0.39, 0.29) is 5.69 Å². The molecule has 2 heterocycles. The maximum Gasteiger partial charge on any atom is 0.358 e. The van der Waals surface area contributed by atoms with E-state index >= 15 is 0 Å². The minimum absolute atomic E-state index is 0.0368. The first-order valence-corrected chi connectivity index (χ1v) is 5.71. The molecule has 0 aromatic carbocycles. The van der Waals surface area contributed by atoms with Gasteiger partial charge in [-0.2, -0.15) is 0 Å². The van der Waals surface area contributed by atoms with E-state index in [0.717, 1.165) is 9.35 Å². The summed E-state index contributed by atoms with van der Waals surface area (Å²) < 4.78 is 6.14. The molecular weight excluding hydrogens is 282 g/mol. The van der Waals surface area contributed by atoms with Crippen LogP contribution in [-0.4, -0.2) is 16.1 Å². The van der Waals surface area contributed by atoms with Gasteiger partial charge in [-0.3, -0.25) is 0 Å². The standard InChI is InChI=1S/C9H6BrNO3S/c1-4-6(9(12)13)11-8(14-4)7-5(10)2-3-15-7/h2-3H,1H3,(H,12,13). The van der Waals surface area contributed by atoms with Crippen molar-refractivity contribution in [1.82, 2.24) is 4.98 Å². The fraction of sp³-hybridized carbons (Fsp3) is 0.111. The zero-order valence-corrected chi connectivity index (χ0v) is 10.1. The molecule has 2 rings (SSSR count). The van der Waals surface area contributed by atoms with Gasteiger partial charge >= 0.3 is 5.97 Å². The Morgan fingerprint density at radius 2 is 2.40 bits per heavy atom. The number of aryl methyl sites for hydroxylation is 1.